The zero-order valence-corrected chi connectivity index (χ0v) is 18.6. The third kappa shape index (κ3) is 4.20. The minimum atomic E-state index is -0.406. The Morgan fingerprint density at radius 2 is 1.77 bits per heavy atom. The van der Waals surface area contributed by atoms with Crippen LogP contribution in [0.15, 0.2) is 88.0 Å². The Bertz CT molecular complexity index is 1230. The molecule has 3 aromatic rings. The van der Waals surface area contributed by atoms with Crippen LogP contribution >= 0.6 is 15.9 Å². The van der Waals surface area contributed by atoms with E-state index in [1.54, 1.807) is 35.2 Å². The standard InChI is InChI=1S/C25H19BrN2O3/c1-16-6-5-7-19(14-16)28-23(20-8-3-4-9-21(20)26)27-22(24(28)29)15-17-10-12-18(13-11-17)25(30)31-2/h3-15H,1-2H3/b22-15+. The normalized spacial score (nSPS) is 14.7. The maximum atomic E-state index is 13.4. The van der Waals surface area contributed by atoms with Gasteiger partial charge in [-0.05, 0) is 54.5 Å². The molecule has 4 rings (SSSR count). The summed E-state index contributed by atoms with van der Waals surface area (Å²) in [5.41, 5.74) is 4.15. The van der Waals surface area contributed by atoms with E-state index >= 15 is 0 Å². The molecule has 5 nitrogen and oxygen atoms in total. The predicted molar refractivity (Wildman–Crippen MR) is 125 cm³/mol. The molecule has 0 radical (unpaired) electrons. The molecule has 0 saturated heterocycles. The summed E-state index contributed by atoms with van der Waals surface area (Å²) in [5.74, 6) is -0.0649. The van der Waals surface area contributed by atoms with Crippen molar-refractivity contribution in [1.82, 2.24) is 0 Å². The summed E-state index contributed by atoms with van der Waals surface area (Å²) < 4.78 is 5.58. The van der Waals surface area contributed by atoms with E-state index in [-0.39, 0.29) is 5.91 Å². The first-order valence-corrected chi connectivity index (χ1v) is 10.4. The summed E-state index contributed by atoms with van der Waals surface area (Å²) in [6.45, 7) is 1.99. The Hall–Kier alpha value is -3.51. The molecule has 0 atom stereocenters. The van der Waals surface area contributed by atoms with Gasteiger partial charge in [0.15, 0.2) is 0 Å². The van der Waals surface area contributed by atoms with Gasteiger partial charge >= 0.3 is 5.97 Å². The quantitative estimate of drug-likeness (QED) is 0.376. The summed E-state index contributed by atoms with van der Waals surface area (Å²) in [4.78, 5) is 31.4. The molecule has 0 fully saturated rings. The van der Waals surface area contributed by atoms with Gasteiger partial charge in [0.25, 0.3) is 5.91 Å². The SMILES string of the molecule is COC(=O)c1ccc(/C=C2/N=C(c3ccccc3Br)N(c3cccc(C)c3)C2=O)cc1. The number of nitrogens with zero attached hydrogens (tertiary/aromatic N) is 2. The Balaban J connectivity index is 1.79. The van der Waals surface area contributed by atoms with Crippen LogP contribution in [0.2, 0.25) is 0 Å². The fourth-order valence-electron chi connectivity index (χ4n) is 3.34. The van der Waals surface area contributed by atoms with Gasteiger partial charge < -0.3 is 4.74 Å². The summed E-state index contributed by atoms with van der Waals surface area (Å²) >= 11 is 3.57. The lowest BCUT2D eigenvalue weighted by Gasteiger charge is -2.19. The minimum Gasteiger partial charge on any atom is -0.465 e. The number of hydrogen-bond acceptors (Lipinski definition) is 4. The number of benzene rings is 3. The van der Waals surface area contributed by atoms with Crippen LogP contribution in [0.4, 0.5) is 5.69 Å². The van der Waals surface area contributed by atoms with Crippen LogP contribution in [0, 0.1) is 6.92 Å². The van der Waals surface area contributed by atoms with Gasteiger partial charge in [0.1, 0.15) is 11.5 Å². The monoisotopic (exact) mass is 474 g/mol. The number of ether oxygens (including phenoxy) is 1. The zero-order valence-electron chi connectivity index (χ0n) is 17.0. The van der Waals surface area contributed by atoms with Crippen LogP contribution < -0.4 is 4.90 Å². The molecule has 31 heavy (non-hydrogen) atoms. The highest BCUT2D eigenvalue weighted by molar-refractivity contribution is 9.10. The van der Waals surface area contributed by atoms with Crippen LogP contribution in [-0.4, -0.2) is 24.8 Å². The number of carbonyl (C=O) groups is 2. The molecule has 1 heterocycles. The molecule has 154 valence electrons. The van der Waals surface area contributed by atoms with Crippen LogP contribution in [-0.2, 0) is 9.53 Å². The maximum absolute atomic E-state index is 13.4. The van der Waals surface area contributed by atoms with E-state index in [0.717, 1.165) is 26.9 Å². The molecule has 0 saturated carbocycles. The van der Waals surface area contributed by atoms with Crippen molar-refractivity contribution in [3.63, 3.8) is 0 Å². The second kappa shape index (κ2) is 8.70. The third-order valence-corrected chi connectivity index (χ3v) is 5.56. The summed E-state index contributed by atoms with van der Waals surface area (Å²) in [6.07, 6.45) is 1.72. The van der Waals surface area contributed by atoms with Crippen molar-refractivity contribution >= 4 is 45.4 Å². The number of amidine groups is 1. The van der Waals surface area contributed by atoms with E-state index in [9.17, 15) is 9.59 Å². The van der Waals surface area contributed by atoms with E-state index in [2.05, 4.69) is 20.9 Å². The summed E-state index contributed by atoms with van der Waals surface area (Å²) in [5, 5.41) is 0. The van der Waals surface area contributed by atoms with E-state index in [1.165, 1.54) is 7.11 Å². The predicted octanol–water partition coefficient (Wildman–Crippen LogP) is 5.38. The lowest BCUT2D eigenvalue weighted by Crippen LogP contribution is -2.32. The molecule has 1 amide bonds. The highest BCUT2D eigenvalue weighted by Crippen LogP contribution is 2.30. The van der Waals surface area contributed by atoms with Gasteiger partial charge in [-0.25, -0.2) is 9.79 Å². The average Bonchev–Trinajstić information content (AvgIpc) is 3.09. The van der Waals surface area contributed by atoms with Crippen LogP contribution in [0.25, 0.3) is 6.08 Å². The fourth-order valence-corrected chi connectivity index (χ4v) is 3.80. The minimum absolute atomic E-state index is 0.214. The molecule has 3 aromatic carbocycles. The number of halogens is 1. The second-order valence-electron chi connectivity index (χ2n) is 7.04. The molecule has 0 unspecified atom stereocenters. The number of aryl methyl sites for hydroxylation is 1. The van der Waals surface area contributed by atoms with Crippen molar-refractivity contribution < 1.29 is 14.3 Å². The Kier molecular flexibility index (Phi) is 5.82. The average molecular weight is 475 g/mol. The van der Waals surface area contributed by atoms with Gasteiger partial charge in [0, 0.05) is 10.0 Å². The molecule has 0 bridgehead atoms. The number of methoxy groups -OCH3 is 1. The Labute approximate surface area is 188 Å². The first-order valence-electron chi connectivity index (χ1n) is 9.63. The number of aliphatic imine (C=N–C) groups is 1. The van der Waals surface area contributed by atoms with Crippen molar-refractivity contribution in [3.8, 4) is 0 Å². The molecule has 0 aromatic heterocycles. The van der Waals surface area contributed by atoms with Crippen molar-refractivity contribution in [2.45, 2.75) is 6.92 Å². The van der Waals surface area contributed by atoms with Crippen LogP contribution in [0.3, 0.4) is 0 Å². The molecule has 1 aliphatic heterocycles. The first kappa shape index (κ1) is 20.8. The molecular formula is C25H19BrN2O3. The lowest BCUT2D eigenvalue weighted by molar-refractivity contribution is -0.113. The largest absolute Gasteiger partial charge is 0.465 e. The van der Waals surface area contributed by atoms with Gasteiger partial charge in [-0.1, -0.05) is 58.4 Å². The number of carbonyl (C=O) groups excluding carboxylic acids is 2. The van der Waals surface area contributed by atoms with E-state index < -0.39 is 5.97 Å². The molecular weight excluding hydrogens is 456 g/mol. The van der Waals surface area contributed by atoms with E-state index in [4.69, 9.17) is 4.74 Å². The first-order chi connectivity index (χ1) is 15.0. The Morgan fingerprint density at radius 3 is 2.45 bits per heavy atom. The van der Waals surface area contributed by atoms with Crippen molar-refractivity contribution in [2.75, 3.05) is 12.0 Å². The van der Waals surface area contributed by atoms with Crippen molar-refractivity contribution in [1.29, 1.82) is 0 Å². The highest BCUT2D eigenvalue weighted by atomic mass is 79.9. The van der Waals surface area contributed by atoms with Gasteiger partial charge in [-0.2, -0.15) is 0 Å². The highest BCUT2D eigenvalue weighted by Gasteiger charge is 2.33. The molecule has 0 N–H and O–H groups in total. The summed E-state index contributed by atoms with van der Waals surface area (Å²) in [7, 11) is 1.34. The number of rotatable bonds is 4. The summed E-state index contributed by atoms with van der Waals surface area (Å²) in [6, 6.07) is 22.3. The van der Waals surface area contributed by atoms with E-state index in [0.29, 0.717) is 17.1 Å². The third-order valence-electron chi connectivity index (χ3n) is 4.87. The van der Waals surface area contributed by atoms with Gasteiger partial charge in [-0.15, -0.1) is 0 Å². The van der Waals surface area contributed by atoms with Crippen molar-refractivity contribution in [2.24, 2.45) is 4.99 Å². The number of amides is 1. The van der Waals surface area contributed by atoms with Crippen LogP contribution in [0.1, 0.15) is 27.0 Å². The van der Waals surface area contributed by atoms with Gasteiger partial charge in [0.05, 0.1) is 18.4 Å². The van der Waals surface area contributed by atoms with Gasteiger partial charge in [0.2, 0.25) is 0 Å². The van der Waals surface area contributed by atoms with Crippen LogP contribution in [0.5, 0.6) is 0 Å². The maximum Gasteiger partial charge on any atom is 0.337 e. The van der Waals surface area contributed by atoms with Gasteiger partial charge in [-0.3, -0.25) is 9.69 Å². The van der Waals surface area contributed by atoms with Crippen molar-refractivity contribution in [3.05, 3.63) is 105 Å². The molecule has 0 spiro atoms. The Morgan fingerprint density at radius 1 is 1.03 bits per heavy atom. The topological polar surface area (TPSA) is 59.0 Å². The molecule has 0 aliphatic carbocycles. The number of esters is 1. The zero-order chi connectivity index (χ0) is 22.0. The molecule has 1 aliphatic rings. The number of hydrogen-bond donors (Lipinski definition) is 0. The second-order valence-corrected chi connectivity index (χ2v) is 7.89. The molecule has 6 heteroatoms. The van der Waals surface area contributed by atoms with E-state index in [1.807, 2.05) is 55.5 Å². The fraction of sp³-hybridized carbons (Fsp3) is 0.0800. The smallest absolute Gasteiger partial charge is 0.337 e. The number of anilines is 1. The lowest BCUT2D eigenvalue weighted by atomic mass is 10.1.